The van der Waals surface area contributed by atoms with E-state index < -0.39 is 0 Å². The van der Waals surface area contributed by atoms with Crippen molar-refractivity contribution in [2.75, 3.05) is 5.32 Å². The molecule has 1 N–H and O–H groups in total. The molecule has 4 aromatic rings. The van der Waals surface area contributed by atoms with E-state index in [-0.39, 0.29) is 5.91 Å². The molecule has 0 atom stereocenters. The lowest BCUT2D eigenvalue weighted by molar-refractivity contribution is -0.116. The SMILES string of the molecule is Cc1ccc2c(cnn2CCC(=O)Nc2ccn(Cc3ccccc3)n2)c1. The van der Waals surface area contributed by atoms with Crippen LogP contribution in [0.25, 0.3) is 10.9 Å². The summed E-state index contributed by atoms with van der Waals surface area (Å²) in [5.41, 5.74) is 3.41. The second-order valence-electron chi connectivity index (χ2n) is 6.61. The van der Waals surface area contributed by atoms with Gasteiger partial charge in [-0.1, -0.05) is 42.0 Å². The number of nitrogens with zero attached hydrogens (tertiary/aromatic N) is 4. The van der Waals surface area contributed by atoms with Crippen LogP contribution in [0.5, 0.6) is 0 Å². The van der Waals surface area contributed by atoms with Gasteiger partial charge in [-0.05, 0) is 24.6 Å². The Morgan fingerprint density at radius 1 is 1.11 bits per heavy atom. The van der Waals surface area contributed by atoms with Gasteiger partial charge in [0.15, 0.2) is 5.82 Å². The molecule has 0 radical (unpaired) electrons. The quantitative estimate of drug-likeness (QED) is 0.572. The molecule has 0 saturated heterocycles. The Bertz CT molecular complexity index is 1060. The number of hydrogen-bond acceptors (Lipinski definition) is 3. The van der Waals surface area contributed by atoms with Crippen LogP contribution in [0.4, 0.5) is 5.82 Å². The van der Waals surface area contributed by atoms with Gasteiger partial charge in [0.2, 0.25) is 5.91 Å². The van der Waals surface area contributed by atoms with E-state index in [0.717, 1.165) is 10.9 Å². The van der Waals surface area contributed by atoms with Gasteiger partial charge in [0.1, 0.15) is 0 Å². The monoisotopic (exact) mass is 359 g/mol. The summed E-state index contributed by atoms with van der Waals surface area (Å²) in [6.07, 6.45) is 4.05. The van der Waals surface area contributed by atoms with E-state index >= 15 is 0 Å². The zero-order valence-corrected chi connectivity index (χ0v) is 15.2. The molecular formula is C21H21N5O. The molecule has 2 aromatic carbocycles. The van der Waals surface area contributed by atoms with Crippen LogP contribution in [0.1, 0.15) is 17.5 Å². The molecule has 6 heteroatoms. The van der Waals surface area contributed by atoms with Crippen LogP contribution in [0.2, 0.25) is 0 Å². The largest absolute Gasteiger partial charge is 0.309 e. The first-order valence-electron chi connectivity index (χ1n) is 8.97. The van der Waals surface area contributed by atoms with Crippen LogP contribution in [0.15, 0.2) is 67.0 Å². The van der Waals surface area contributed by atoms with E-state index in [1.165, 1.54) is 11.1 Å². The van der Waals surface area contributed by atoms with Gasteiger partial charge in [-0.3, -0.25) is 14.2 Å². The van der Waals surface area contributed by atoms with Crippen LogP contribution in [-0.2, 0) is 17.9 Å². The average molecular weight is 359 g/mol. The minimum atomic E-state index is -0.0734. The molecule has 2 aromatic heterocycles. The van der Waals surface area contributed by atoms with Crippen LogP contribution >= 0.6 is 0 Å². The highest BCUT2D eigenvalue weighted by molar-refractivity contribution is 5.89. The summed E-state index contributed by atoms with van der Waals surface area (Å²) in [6.45, 7) is 3.26. The summed E-state index contributed by atoms with van der Waals surface area (Å²) in [5, 5.41) is 12.7. The molecule has 136 valence electrons. The van der Waals surface area contributed by atoms with Crippen molar-refractivity contribution < 1.29 is 4.79 Å². The number of aromatic nitrogens is 4. The molecule has 2 heterocycles. The predicted octanol–water partition coefficient (Wildman–Crippen LogP) is 3.62. The number of hydrogen-bond donors (Lipinski definition) is 1. The first kappa shape index (κ1) is 17.0. The molecule has 0 saturated carbocycles. The van der Waals surface area contributed by atoms with Crippen LogP contribution in [0.3, 0.4) is 0 Å². The molecule has 6 nitrogen and oxygen atoms in total. The number of carbonyl (C=O) groups is 1. The molecule has 1 amide bonds. The highest BCUT2D eigenvalue weighted by atomic mass is 16.1. The van der Waals surface area contributed by atoms with Crippen LogP contribution < -0.4 is 5.32 Å². The zero-order chi connectivity index (χ0) is 18.6. The van der Waals surface area contributed by atoms with Gasteiger partial charge in [-0.15, -0.1) is 0 Å². The van der Waals surface area contributed by atoms with Crippen molar-refractivity contribution in [1.29, 1.82) is 0 Å². The molecular weight excluding hydrogens is 338 g/mol. The fraction of sp³-hybridized carbons (Fsp3) is 0.190. The molecule has 0 spiro atoms. The molecule has 4 rings (SSSR count). The summed E-state index contributed by atoms with van der Waals surface area (Å²) in [6, 6.07) is 18.1. The molecule has 0 unspecified atom stereocenters. The van der Waals surface area contributed by atoms with Crippen molar-refractivity contribution in [1.82, 2.24) is 19.6 Å². The maximum Gasteiger partial charge on any atom is 0.227 e. The molecule has 0 fully saturated rings. The van der Waals surface area contributed by atoms with E-state index in [1.54, 1.807) is 0 Å². The zero-order valence-electron chi connectivity index (χ0n) is 15.2. The van der Waals surface area contributed by atoms with Crippen molar-refractivity contribution >= 4 is 22.6 Å². The van der Waals surface area contributed by atoms with Gasteiger partial charge in [0.25, 0.3) is 0 Å². The van der Waals surface area contributed by atoms with Crippen molar-refractivity contribution in [3.8, 4) is 0 Å². The number of aryl methyl sites for hydroxylation is 2. The standard InChI is InChI=1S/C21H21N5O/c1-16-7-8-19-18(13-16)14-22-26(19)12-10-21(27)23-20-9-11-25(24-20)15-17-5-3-2-4-6-17/h2-9,11,13-14H,10,12,15H2,1H3,(H,23,24,27). The topological polar surface area (TPSA) is 64.7 Å². The number of fused-ring (bicyclic) bond motifs is 1. The Balaban J connectivity index is 1.34. The molecule has 0 aliphatic rings. The van der Waals surface area contributed by atoms with E-state index in [2.05, 4.69) is 46.7 Å². The third-order valence-corrected chi connectivity index (χ3v) is 4.44. The first-order valence-corrected chi connectivity index (χ1v) is 8.97. The van der Waals surface area contributed by atoms with E-state index in [4.69, 9.17) is 0 Å². The fourth-order valence-electron chi connectivity index (χ4n) is 3.08. The highest BCUT2D eigenvalue weighted by Gasteiger charge is 2.08. The van der Waals surface area contributed by atoms with Gasteiger partial charge in [0.05, 0.1) is 24.8 Å². The van der Waals surface area contributed by atoms with E-state index in [1.807, 2.05) is 52.1 Å². The summed E-state index contributed by atoms with van der Waals surface area (Å²) >= 11 is 0. The molecule has 27 heavy (non-hydrogen) atoms. The maximum atomic E-state index is 12.3. The first-order chi connectivity index (χ1) is 13.2. The number of anilines is 1. The van der Waals surface area contributed by atoms with Gasteiger partial charge in [-0.25, -0.2) is 0 Å². The second kappa shape index (κ2) is 7.45. The van der Waals surface area contributed by atoms with Gasteiger partial charge in [0, 0.05) is 24.1 Å². The number of nitrogens with one attached hydrogen (secondary N) is 1. The Morgan fingerprint density at radius 3 is 2.81 bits per heavy atom. The Hall–Kier alpha value is -3.41. The van der Waals surface area contributed by atoms with Crippen LogP contribution in [-0.4, -0.2) is 25.5 Å². The lowest BCUT2D eigenvalue weighted by Crippen LogP contribution is -2.15. The van der Waals surface area contributed by atoms with Gasteiger partial charge >= 0.3 is 0 Å². The number of rotatable bonds is 6. The Labute approximate surface area is 157 Å². The third-order valence-electron chi connectivity index (χ3n) is 4.44. The third kappa shape index (κ3) is 4.06. The Kier molecular flexibility index (Phi) is 4.70. The van der Waals surface area contributed by atoms with Gasteiger partial charge in [-0.2, -0.15) is 10.2 Å². The van der Waals surface area contributed by atoms with Crippen molar-refractivity contribution in [3.05, 3.63) is 78.1 Å². The lowest BCUT2D eigenvalue weighted by Gasteiger charge is -2.05. The van der Waals surface area contributed by atoms with Crippen molar-refractivity contribution in [3.63, 3.8) is 0 Å². The number of benzene rings is 2. The molecule has 0 aliphatic heterocycles. The summed E-state index contributed by atoms with van der Waals surface area (Å²) in [7, 11) is 0. The summed E-state index contributed by atoms with van der Waals surface area (Å²) < 4.78 is 3.68. The van der Waals surface area contributed by atoms with Gasteiger partial charge < -0.3 is 5.32 Å². The Morgan fingerprint density at radius 2 is 1.96 bits per heavy atom. The predicted molar refractivity (Wildman–Crippen MR) is 105 cm³/mol. The highest BCUT2D eigenvalue weighted by Crippen LogP contribution is 2.16. The molecule has 0 aliphatic carbocycles. The minimum absolute atomic E-state index is 0.0734. The van der Waals surface area contributed by atoms with Crippen molar-refractivity contribution in [2.24, 2.45) is 0 Å². The number of amides is 1. The van der Waals surface area contributed by atoms with E-state index in [0.29, 0.717) is 25.3 Å². The maximum absolute atomic E-state index is 12.3. The summed E-state index contributed by atoms with van der Waals surface area (Å²) in [4.78, 5) is 12.3. The van der Waals surface area contributed by atoms with Crippen molar-refractivity contribution in [2.45, 2.75) is 26.4 Å². The second-order valence-corrected chi connectivity index (χ2v) is 6.61. The smallest absolute Gasteiger partial charge is 0.227 e. The lowest BCUT2D eigenvalue weighted by atomic mass is 10.2. The number of carbonyl (C=O) groups excluding carboxylic acids is 1. The average Bonchev–Trinajstić information content (AvgIpc) is 3.27. The molecule has 0 bridgehead atoms. The normalized spacial score (nSPS) is 11.0. The van der Waals surface area contributed by atoms with E-state index in [9.17, 15) is 4.79 Å². The fourth-order valence-corrected chi connectivity index (χ4v) is 3.08. The summed E-state index contributed by atoms with van der Waals surface area (Å²) in [5.74, 6) is 0.493. The minimum Gasteiger partial charge on any atom is -0.309 e. The van der Waals surface area contributed by atoms with Crippen LogP contribution in [0, 0.1) is 6.92 Å².